The first-order valence-electron chi connectivity index (χ1n) is 15.7. The molecule has 0 unspecified atom stereocenters. The number of nitrogens with one attached hydrogen (secondary N) is 3. The number of aldehydes is 1. The summed E-state index contributed by atoms with van der Waals surface area (Å²) in [6.45, 7) is 4.58. The van der Waals surface area contributed by atoms with Gasteiger partial charge >= 0.3 is 6.09 Å². The summed E-state index contributed by atoms with van der Waals surface area (Å²) in [5.41, 5.74) is 1.69. The van der Waals surface area contributed by atoms with Crippen LogP contribution in [0.5, 0.6) is 0 Å². The Bertz CT molecular complexity index is 1470. The average Bonchev–Trinajstić information content (AvgIpc) is 3.04. The summed E-state index contributed by atoms with van der Waals surface area (Å²) >= 11 is 0. The van der Waals surface area contributed by atoms with Gasteiger partial charge < -0.3 is 25.5 Å². The molecule has 9 nitrogen and oxygen atoms in total. The molecule has 4 atom stereocenters. The van der Waals surface area contributed by atoms with Gasteiger partial charge in [-0.25, -0.2) is 4.79 Å². The molecular formula is C36H43N3O6. The van der Waals surface area contributed by atoms with E-state index in [9.17, 15) is 24.0 Å². The summed E-state index contributed by atoms with van der Waals surface area (Å²) in [5, 5.41) is 10.3. The third-order valence-electron chi connectivity index (χ3n) is 8.20. The molecule has 9 heteroatoms. The van der Waals surface area contributed by atoms with E-state index >= 15 is 0 Å². The van der Waals surface area contributed by atoms with Crippen LogP contribution >= 0.6 is 0 Å². The molecule has 0 aliphatic carbocycles. The summed E-state index contributed by atoms with van der Waals surface area (Å²) in [6, 6.07) is 21.1. The molecule has 3 aromatic carbocycles. The molecule has 45 heavy (non-hydrogen) atoms. The summed E-state index contributed by atoms with van der Waals surface area (Å²) < 4.78 is 5.45. The number of carbonyl (C=O) groups is 5. The lowest BCUT2D eigenvalue weighted by Crippen LogP contribution is -2.47. The minimum atomic E-state index is -0.950. The average molecular weight is 614 g/mol. The van der Waals surface area contributed by atoms with Gasteiger partial charge in [0.2, 0.25) is 11.8 Å². The number of alkyl carbamates (subject to hydrolysis) is 1. The SMILES string of the molecule is CC(C)C[C@H](CC(=O)[C@H](Cc1cccc2ccccc12)NC(=O)OCc1ccccc1)C(=O)N[C@H](C=O)C[C@@H]1CCCNC1=O. The van der Waals surface area contributed by atoms with Gasteiger partial charge in [0.05, 0.1) is 12.1 Å². The van der Waals surface area contributed by atoms with E-state index in [1.165, 1.54) is 0 Å². The van der Waals surface area contributed by atoms with Gasteiger partial charge in [0.15, 0.2) is 5.78 Å². The monoisotopic (exact) mass is 613 g/mol. The Morgan fingerprint density at radius 2 is 1.71 bits per heavy atom. The van der Waals surface area contributed by atoms with Crippen LogP contribution in [-0.2, 0) is 36.9 Å². The number of Topliss-reactive ketones (excluding diaryl/α,β-unsaturated/α-hetero) is 1. The van der Waals surface area contributed by atoms with Crippen molar-refractivity contribution < 1.29 is 28.7 Å². The molecule has 1 aliphatic rings. The van der Waals surface area contributed by atoms with Crippen molar-refractivity contribution in [3.05, 3.63) is 83.9 Å². The zero-order chi connectivity index (χ0) is 32.2. The fraction of sp³-hybridized carbons (Fsp3) is 0.417. The Labute approximate surface area is 264 Å². The van der Waals surface area contributed by atoms with Crippen LogP contribution in [0.15, 0.2) is 72.8 Å². The number of rotatable bonds is 15. The van der Waals surface area contributed by atoms with Gasteiger partial charge in [-0.2, -0.15) is 0 Å². The maximum atomic E-state index is 13.9. The highest BCUT2D eigenvalue weighted by atomic mass is 16.5. The minimum Gasteiger partial charge on any atom is -0.445 e. The fourth-order valence-electron chi connectivity index (χ4n) is 5.90. The normalized spacial score (nSPS) is 16.7. The van der Waals surface area contributed by atoms with Crippen molar-refractivity contribution in [3.8, 4) is 0 Å². The molecule has 0 spiro atoms. The van der Waals surface area contributed by atoms with Crippen LogP contribution in [-0.4, -0.2) is 48.6 Å². The Kier molecular flexibility index (Phi) is 12.2. The van der Waals surface area contributed by atoms with Gasteiger partial charge in [0.1, 0.15) is 12.9 Å². The molecular weight excluding hydrogens is 570 g/mol. The molecule has 3 aromatic rings. The van der Waals surface area contributed by atoms with Crippen molar-refractivity contribution in [1.82, 2.24) is 16.0 Å². The first-order chi connectivity index (χ1) is 21.7. The van der Waals surface area contributed by atoms with Gasteiger partial charge in [-0.15, -0.1) is 0 Å². The van der Waals surface area contributed by atoms with E-state index in [0.29, 0.717) is 25.7 Å². The van der Waals surface area contributed by atoms with Gasteiger partial charge in [0.25, 0.3) is 0 Å². The second-order valence-electron chi connectivity index (χ2n) is 12.2. The highest BCUT2D eigenvalue weighted by Crippen LogP contribution is 2.23. The quantitative estimate of drug-likeness (QED) is 0.209. The zero-order valence-electron chi connectivity index (χ0n) is 26.0. The van der Waals surface area contributed by atoms with E-state index in [-0.39, 0.29) is 49.4 Å². The van der Waals surface area contributed by atoms with E-state index in [0.717, 1.165) is 28.3 Å². The van der Waals surface area contributed by atoms with Crippen molar-refractivity contribution in [2.24, 2.45) is 17.8 Å². The molecule has 0 aromatic heterocycles. The van der Waals surface area contributed by atoms with E-state index in [2.05, 4.69) is 16.0 Å². The Morgan fingerprint density at radius 1 is 0.978 bits per heavy atom. The summed E-state index contributed by atoms with van der Waals surface area (Å²) in [5.74, 6) is -1.83. The Morgan fingerprint density at radius 3 is 2.44 bits per heavy atom. The van der Waals surface area contributed by atoms with Crippen LogP contribution in [0.3, 0.4) is 0 Å². The largest absolute Gasteiger partial charge is 0.445 e. The van der Waals surface area contributed by atoms with Crippen LogP contribution < -0.4 is 16.0 Å². The van der Waals surface area contributed by atoms with Crippen molar-refractivity contribution in [3.63, 3.8) is 0 Å². The number of amides is 3. The molecule has 3 amide bonds. The minimum absolute atomic E-state index is 0.0479. The summed E-state index contributed by atoms with van der Waals surface area (Å²) in [6.07, 6.45) is 2.10. The van der Waals surface area contributed by atoms with Crippen molar-refractivity contribution in [1.29, 1.82) is 0 Å². The molecule has 1 heterocycles. The number of hydrogen-bond acceptors (Lipinski definition) is 6. The van der Waals surface area contributed by atoms with Gasteiger partial charge in [0, 0.05) is 31.2 Å². The smallest absolute Gasteiger partial charge is 0.408 e. The molecule has 0 bridgehead atoms. The first-order valence-corrected chi connectivity index (χ1v) is 15.7. The van der Waals surface area contributed by atoms with Crippen molar-refractivity contribution in [2.45, 2.75) is 71.1 Å². The topological polar surface area (TPSA) is 131 Å². The zero-order valence-corrected chi connectivity index (χ0v) is 26.0. The summed E-state index contributed by atoms with van der Waals surface area (Å²) in [4.78, 5) is 64.6. The number of fused-ring (bicyclic) bond motifs is 1. The maximum Gasteiger partial charge on any atom is 0.408 e. The van der Waals surface area contributed by atoms with Crippen molar-refractivity contribution in [2.75, 3.05) is 6.54 Å². The number of hydrogen-bond donors (Lipinski definition) is 3. The van der Waals surface area contributed by atoms with Crippen molar-refractivity contribution >= 4 is 40.7 Å². The van der Waals surface area contributed by atoms with E-state index in [1.807, 2.05) is 86.6 Å². The van der Waals surface area contributed by atoms with Gasteiger partial charge in [-0.3, -0.25) is 14.4 Å². The Hall–Kier alpha value is -4.53. The maximum absolute atomic E-state index is 13.9. The van der Waals surface area contributed by atoms with Gasteiger partial charge in [-0.1, -0.05) is 86.6 Å². The highest BCUT2D eigenvalue weighted by Gasteiger charge is 2.32. The lowest BCUT2D eigenvalue weighted by Gasteiger charge is -2.26. The van der Waals surface area contributed by atoms with E-state index in [4.69, 9.17) is 4.74 Å². The number of benzene rings is 3. The van der Waals surface area contributed by atoms with Crippen LogP contribution in [0, 0.1) is 17.8 Å². The number of ether oxygens (including phenoxy) is 1. The highest BCUT2D eigenvalue weighted by molar-refractivity contribution is 5.93. The van der Waals surface area contributed by atoms with Crippen LogP contribution in [0.4, 0.5) is 4.79 Å². The number of piperidine rings is 1. The van der Waals surface area contributed by atoms with E-state index in [1.54, 1.807) is 0 Å². The number of ketones is 1. The van der Waals surface area contributed by atoms with Crippen LogP contribution in [0.2, 0.25) is 0 Å². The van der Waals surface area contributed by atoms with E-state index < -0.39 is 30.0 Å². The predicted molar refractivity (Wildman–Crippen MR) is 172 cm³/mol. The molecule has 0 saturated carbocycles. The second kappa shape index (κ2) is 16.5. The van der Waals surface area contributed by atoms with Gasteiger partial charge in [-0.05, 0) is 53.5 Å². The molecule has 1 aliphatic heterocycles. The number of carbonyl (C=O) groups excluding carboxylic acids is 5. The fourth-order valence-corrected chi connectivity index (χ4v) is 5.90. The first kappa shape index (κ1) is 33.4. The standard InChI is InChI=1S/C36H43N3O6/c1-24(2)18-29(35(43)38-30(22-40)19-28-15-9-17-37-34(28)42)21-33(41)32(39-36(44)45-23-25-10-4-3-5-11-25)20-27-14-8-13-26-12-6-7-16-31(26)27/h3-8,10-14,16,22,24,28-30,32H,9,15,17-21,23H2,1-2H3,(H,37,42)(H,38,43)(H,39,44)/t28-,29+,30-,32-/m0/s1. The van der Waals surface area contributed by atoms with Crippen LogP contribution in [0.25, 0.3) is 10.8 Å². The third-order valence-corrected chi connectivity index (χ3v) is 8.20. The molecule has 0 radical (unpaired) electrons. The predicted octanol–water partition coefficient (Wildman–Crippen LogP) is 4.90. The lowest BCUT2D eigenvalue weighted by molar-refractivity contribution is -0.132. The lowest BCUT2D eigenvalue weighted by atomic mass is 9.87. The molecule has 1 fully saturated rings. The molecule has 4 rings (SSSR count). The Balaban J connectivity index is 1.50. The molecule has 3 N–H and O–H groups in total. The molecule has 238 valence electrons. The summed E-state index contributed by atoms with van der Waals surface area (Å²) in [7, 11) is 0. The van der Waals surface area contributed by atoms with Crippen LogP contribution in [0.1, 0.15) is 57.1 Å². The molecule has 1 saturated heterocycles. The third kappa shape index (κ3) is 9.99. The second-order valence-corrected chi connectivity index (χ2v) is 12.2.